The molecular formula is C19H19N3O3. The molecule has 1 aromatic heterocycles. The second kappa shape index (κ2) is 7.61. The Labute approximate surface area is 145 Å². The number of nitrogens with one attached hydrogen (secondary N) is 1. The van der Waals surface area contributed by atoms with Gasteiger partial charge < -0.3 is 14.6 Å². The van der Waals surface area contributed by atoms with Crippen LogP contribution in [0.3, 0.4) is 0 Å². The van der Waals surface area contributed by atoms with Gasteiger partial charge in [-0.05, 0) is 36.8 Å². The number of carbonyl (C=O) groups excluding carboxylic acids is 1. The van der Waals surface area contributed by atoms with Crippen molar-refractivity contribution in [2.24, 2.45) is 0 Å². The number of hydrogen-bond donors (Lipinski definition) is 1. The summed E-state index contributed by atoms with van der Waals surface area (Å²) in [5, 5.41) is 6.74. The second-order valence-electron chi connectivity index (χ2n) is 5.59. The molecule has 6 heteroatoms. The van der Waals surface area contributed by atoms with Crippen LogP contribution < -0.4 is 10.1 Å². The average Bonchev–Trinajstić information content (AvgIpc) is 3.15. The van der Waals surface area contributed by atoms with Crippen molar-refractivity contribution in [3.05, 3.63) is 66.0 Å². The predicted molar refractivity (Wildman–Crippen MR) is 93.0 cm³/mol. The Bertz CT molecular complexity index is 829. The van der Waals surface area contributed by atoms with Gasteiger partial charge in [0.15, 0.2) is 5.82 Å². The van der Waals surface area contributed by atoms with Gasteiger partial charge in [0.25, 0.3) is 5.89 Å². The van der Waals surface area contributed by atoms with Gasteiger partial charge in [-0.15, -0.1) is 0 Å². The van der Waals surface area contributed by atoms with E-state index in [9.17, 15) is 4.79 Å². The van der Waals surface area contributed by atoms with Crippen LogP contribution in [0.1, 0.15) is 24.2 Å². The largest absolute Gasteiger partial charge is 0.497 e. The molecule has 1 heterocycles. The minimum atomic E-state index is -0.242. The van der Waals surface area contributed by atoms with Gasteiger partial charge in [0, 0.05) is 5.56 Å². The van der Waals surface area contributed by atoms with Gasteiger partial charge in [-0.2, -0.15) is 4.98 Å². The predicted octanol–water partition coefficient (Wildman–Crippen LogP) is 3.17. The fourth-order valence-electron chi connectivity index (χ4n) is 2.39. The monoisotopic (exact) mass is 337 g/mol. The minimum absolute atomic E-state index is 0.0815. The Morgan fingerprint density at radius 2 is 1.88 bits per heavy atom. The van der Waals surface area contributed by atoms with Gasteiger partial charge >= 0.3 is 0 Å². The Kier molecular flexibility index (Phi) is 5.09. The molecule has 1 amide bonds. The van der Waals surface area contributed by atoms with Gasteiger partial charge in [0.1, 0.15) is 5.75 Å². The van der Waals surface area contributed by atoms with Crippen molar-refractivity contribution in [2.75, 3.05) is 7.11 Å². The summed E-state index contributed by atoms with van der Waals surface area (Å²) >= 11 is 0. The first kappa shape index (κ1) is 16.7. The Balaban J connectivity index is 1.60. The third-order valence-corrected chi connectivity index (χ3v) is 3.92. The van der Waals surface area contributed by atoms with E-state index in [1.54, 1.807) is 7.11 Å². The standard InChI is InChI=1S/C19H19N3O3/c1-13(14-6-4-3-5-7-14)18(23)20-12-17-21-19(25-22-17)15-8-10-16(24-2)11-9-15/h3-11,13H,12H2,1-2H3,(H,20,23). The van der Waals surface area contributed by atoms with Crippen LogP contribution in [-0.4, -0.2) is 23.2 Å². The molecule has 0 aliphatic carbocycles. The zero-order valence-electron chi connectivity index (χ0n) is 14.1. The highest BCUT2D eigenvalue weighted by Crippen LogP contribution is 2.20. The summed E-state index contributed by atoms with van der Waals surface area (Å²) in [7, 11) is 1.61. The minimum Gasteiger partial charge on any atom is -0.497 e. The fraction of sp³-hybridized carbons (Fsp3) is 0.211. The van der Waals surface area contributed by atoms with E-state index in [1.807, 2.05) is 61.5 Å². The van der Waals surface area contributed by atoms with Gasteiger partial charge in [-0.1, -0.05) is 35.5 Å². The van der Waals surface area contributed by atoms with Gasteiger partial charge in [0.2, 0.25) is 5.91 Å². The van der Waals surface area contributed by atoms with E-state index >= 15 is 0 Å². The van der Waals surface area contributed by atoms with E-state index in [4.69, 9.17) is 9.26 Å². The molecule has 0 aliphatic heterocycles. The third kappa shape index (κ3) is 4.03. The second-order valence-corrected chi connectivity index (χ2v) is 5.59. The summed E-state index contributed by atoms with van der Waals surface area (Å²) in [5.74, 6) is 1.27. The number of methoxy groups -OCH3 is 1. The van der Waals surface area contributed by atoms with Gasteiger partial charge in [0.05, 0.1) is 19.6 Å². The SMILES string of the molecule is COc1ccc(-c2nc(CNC(=O)C(C)c3ccccc3)no2)cc1. The topological polar surface area (TPSA) is 77.2 Å². The first-order valence-electron chi connectivity index (χ1n) is 7.97. The number of rotatable bonds is 6. The van der Waals surface area contributed by atoms with E-state index in [1.165, 1.54) is 0 Å². The zero-order valence-corrected chi connectivity index (χ0v) is 14.1. The van der Waals surface area contributed by atoms with Gasteiger partial charge in [-0.25, -0.2) is 0 Å². The number of benzene rings is 2. The molecule has 2 aromatic carbocycles. The van der Waals surface area contributed by atoms with Crippen molar-refractivity contribution in [3.63, 3.8) is 0 Å². The lowest BCUT2D eigenvalue weighted by Gasteiger charge is -2.11. The number of hydrogen-bond acceptors (Lipinski definition) is 5. The maximum Gasteiger partial charge on any atom is 0.257 e. The summed E-state index contributed by atoms with van der Waals surface area (Å²) in [5.41, 5.74) is 1.76. The Hall–Kier alpha value is -3.15. The van der Waals surface area contributed by atoms with Gasteiger partial charge in [-0.3, -0.25) is 4.79 Å². The van der Waals surface area contributed by atoms with Crippen molar-refractivity contribution in [1.82, 2.24) is 15.5 Å². The molecule has 1 N–H and O–H groups in total. The lowest BCUT2D eigenvalue weighted by molar-refractivity contribution is -0.122. The molecule has 0 saturated carbocycles. The van der Waals surface area contributed by atoms with Crippen molar-refractivity contribution in [3.8, 4) is 17.2 Å². The lowest BCUT2D eigenvalue weighted by Crippen LogP contribution is -2.27. The van der Waals surface area contributed by atoms with Crippen LogP contribution in [0, 0.1) is 0 Å². The number of nitrogens with zero attached hydrogens (tertiary/aromatic N) is 2. The highest BCUT2D eigenvalue weighted by molar-refractivity contribution is 5.83. The first-order chi connectivity index (χ1) is 12.2. The molecular weight excluding hydrogens is 318 g/mol. The van der Waals surface area contributed by atoms with Crippen LogP contribution in [0.25, 0.3) is 11.5 Å². The van der Waals surface area contributed by atoms with E-state index in [0.717, 1.165) is 16.9 Å². The highest BCUT2D eigenvalue weighted by Gasteiger charge is 2.16. The summed E-state index contributed by atoms with van der Waals surface area (Å²) in [4.78, 5) is 16.6. The first-order valence-corrected chi connectivity index (χ1v) is 7.97. The van der Waals surface area contributed by atoms with Crippen molar-refractivity contribution < 1.29 is 14.1 Å². The molecule has 6 nitrogen and oxygen atoms in total. The molecule has 128 valence electrons. The molecule has 0 radical (unpaired) electrons. The Morgan fingerprint density at radius 1 is 1.16 bits per heavy atom. The van der Waals surface area contributed by atoms with Crippen LogP contribution in [-0.2, 0) is 11.3 Å². The highest BCUT2D eigenvalue weighted by atomic mass is 16.5. The number of ether oxygens (including phenoxy) is 1. The van der Waals surface area contributed by atoms with Crippen molar-refractivity contribution >= 4 is 5.91 Å². The summed E-state index contributed by atoms with van der Waals surface area (Å²) in [6.45, 7) is 2.08. The fourth-order valence-corrected chi connectivity index (χ4v) is 2.39. The Morgan fingerprint density at radius 3 is 2.56 bits per heavy atom. The molecule has 25 heavy (non-hydrogen) atoms. The average molecular weight is 337 g/mol. The zero-order chi connectivity index (χ0) is 17.6. The smallest absolute Gasteiger partial charge is 0.257 e. The molecule has 1 unspecified atom stereocenters. The van der Waals surface area contributed by atoms with E-state index in [0.29, 0.717) is 11.7 Å². The normalized spacial score (nSPS) is 11.8. The number of carbonyl (C=O) groups is 1. The van der Waals surface area contributed by atoms with E-state index < -0.39 is 0 Å². The maximum atomic E-state index is 12.3. The third-order valence-electron chi connectivity index (χ3n) is 3.92. The van der Waals surface area contributed by atoms with E-state index in [-0.39, 0.29) is 18.4 Å². The molecule has 0 fully saturated rings. The molecule has 0 saturated heterocycles. The molecule has 0 aliphatic rings. The van der Waals surface area contributed by atoms with Crippen molar-refractivity contribution in [2.45, 2.75) is 19.4 Å². The summed E-state index contributed by atoms with van der Waals surface area (Å²) in [6.07, 6.45) is 0. The van der Waals surface area contributed by atoms with E-state index in [2.05, 4.69) is 15.5 Å². The van der Waals surface area contributed by atoms with Crippen molar-refractivity contribution in [1.29, 1.82) is 0 Å². The van der Waals surface area contributed by atoms with Crippen LogP contribution in [0.5, 0.6) is 5.75 Å². The van der Waals surface area contributed by atoms with Crippen LogP contribution >= 0.6 is 0 Å². The van der Waals surface area contributed by atoms with Crippen LogP contribution in [0.4, 0.5) is 0 Å². The number of amides is 1. The maximum absolute atomic E-state index is 12.3. The van der Waals surface area contributed by atoms with Crippen LogP contribution in [0.2, 0.25) is 0 Å². The summed E-state index contributed by atoms with van der Waals surface area (Å²) < 4.78 is 10.4. The molecule has 0 bridgehead atoms. The lowest BCUT2D eigenvalue weighted by atomic mass is 10.0. The van der Waals surface area contributed by atoms with Crippen LogP contribution in [0.15, 0.2) is 59.1 Å². The molecule has 0 spiro atoms. The quantitative estimate of drug-likeness (QED) is 0.747. The molecule has 3 aromatic rings. The molecule has 3 rings (SSSR count). The number of aromatic nitrogens is 2. The summed E-state index contributed by atoms with van der Waals surface area (Å²) in [6, 6.07) is 16.9. The molecule has 1 atom stereocenters.